The molecule has 0 radical (unpaired) electrons. The molecule has 0 aliphatic rings. The minimum Gasteiger partial charge on any atom is -0.491 e. The molecule has 0 saturated carbocycles. The maximum absolute atomic E-state index is 11.5. The van der Waals surface area contributed by atoms with Crippen molar-refractivity contribution >= 4 is 18.3 Å². The molecule has 21 heavy (non-hydrogen) atoms. The monoisotopic (exact) mass is 314 g/mol. The van der Waals surface area contributed by atoms with E-state index in [0.717, 1.165) is 18.6 Å². The van der Waals surface area contributed by atoms with E-state index in [1.54, 1.807) is 6.92 Å². The molecule has 0 aliphatic heterocycles. The zero-order valence-corrected chi connectivity index (χ0v) is 14.1. The summed E-state index contributed by atoms with van der Waals surface area (Å²) >= 11 is 0. The maximum Gasteiger partial charge on any atom is 0.236 e. The summed E-state index contributed by atoms with van der Waals surface area (Å²) in [6, 6.07) is 7.78. The van der Waals surface area contributed by atoms with Crippen LogP contribution in [-0.2, 0) is 11.2 Å². The van der Waals surface area contributed by atoms with Crippen molar-refractivity contribution in [3.63, 3.8) is 0 Å². The van der Waals surface area contributed by atoms with Crippen molar-refractivity contribution in [2.75, 3.05) is 0 Å². The Bertz CT molecular complexity index is 419. The summed E-state index contributed by atoms with van der Waals surface area (Å²) in [4.78, 5) is 11.5. The van der Waals surface area contributed by atoms with Gasteiger partial charge >= 0.3 is 0 Å². The van der Waals surface area contributed by atoms with Gasteiger partial charge in [-0.05, 0) is 58.2 Å². The lowest BCUT2D eigenvalue weighted by molar-refractivity contribution is -0.122. The number of amides is 1. The molecule has 5 heteroatoms. The van der Waals surface area contributed by atoms with E-state index in [2.05, 4.69) is 17.4 Å². The van der Waals surface area contributed by atoms with E-state index in [9.17, 15) is 4.79 Å². The molecule has 2 atom stereocenters. The fraction of sp³-hybridized carbons (Fsp3) is 0.562. The van der Waals surface area contributed by atoms with Crippen LogP contribution in [0.1, 0.15) is 39.7 Å². The lowest BCUT2D eigenvalue weighted by atomic mass is 10.1. The van der Waals surface area contributed by atoms with Crippen molar-refractivity contribution in [3.05, 3.63) is 29.8 Å². The Morgan fingerprint density at radius 1 is 1.19 bits per heavy atom. The van der Waals surface area contributed by atoms with Gasteiger partial charge in [-0.15, -0.1) is 12.4 Å². The van der Waals surface area contributed by atoms with E-state index < -0.39 is 6.04 Å². The van der Waals surface area contributed by atoms with Gasteiger partial charge in [-0.25, -0.2) is 0 Å². The molecule has 1 unspecified atom stereocenters. The average molecular weight is 315 g/mol. The molecule has 0 spiro atoms. The second kappa shape index (κ2) is 9.64. The smallest absolute Gasteiger partial charge is 0.236 e. The van der Waals surface area contributed by atoms with E-state index in [-0.39, 0.29) is 30.5 Å². The van der Waals surface area contributed by atoms with Crippen LogP contribution in [0.3, 0.4) is 0 Å². The number of carbonyl (C=O) groups is 1. The molecule has 1 rings (SSSR count). The number of benzene rings is 1. The molecule has 0 fully saturated rings. The first-order chi connectivity index (χ1) is 9.38. The fourth-order valence-electron chi connectivity index (χ4n) is 1.84. The molecule has 0 saturated heterocycles. The standard InChI is InChI=1S/C16H26N2O2.ClH/c1-11(2)20-15-9-7-14(8-10-15)6-5-12(3)18-16(19)13(4)17;/h7-13H,5-6,17H2,1-4H3,(H,18,19);1H/t12?,13-;/m0./s1. The van der Waals surface area contributed by atoms with Gasteiger partial charge in [0.05, 0.1) is 12.1 Å². The largest absolute Gasteiger partial charge is 0.491 e. The second-order valence-electron chi connectivity index (χ2n) is 5.55. The first-order valence-corrected chi connectivity index (χ1v) is 7.20. The summed E-state index contributed by atoms with van der Waals surface area (Å²) < 4.78 is 5.60. The molecule has 0 aromatic heterocycles. The normalized spacial score (nSPS) is 13.2. The van der Waals surface area contributed by atoms with E-state index in [1.165, 1.54) is 5.56 Å². The van der Waals surface area contributed by atoms with Gasteiger partial charge in [0.2, 0.25) is 5.91 Å². The number of nitrogens with one attached hydrogen (secondary N) is 1. The molecular formula is C16H27ClN2O2. The third kappa shape index (κ3) is 7.93. The molecule has 1 amide bonds. The molecule has 4 nitrogen and oxygen atoms in total. The van der Waals surface area contributed by atoms with Crippen LogP contribution in [0, 0.1) is 0 Å². The minimum absolute atomic E-state index is 0. The molecule has 1 aromatic rings. The average Bonchev–Trinajstić information content (AvgIpc) is 2.37. The van der Waals surface area contributed by atoms with Crippen molar-refractivity contribution < 1.29 is 9.53 Å². The van der Waals surface area contributed by atoms with Gasteiger partial charge < -0.3 is 15.8 Å². The maximum atomic E-state index is 11.5. The second-order valence-corrected chi connectivity index (χ2v) is 5.55. The first-order valence-electron chi connectivity index (χ1n) is 7.20. The zero-order valence-electron chi connectivity index (χ0n) is 13.3. The number of aryl methyl sites for hydroxylation is 1. The predicted octanol–water partition coefficient (Wildman–Crippen LogP) is 2.68. The number of halogens is 1. The number of nitrogens with two attached hydrogens (primary N) is 1. The van der Waals surface area contributed by atoms with E-state index in [4.69, 9.17) is 10.5 Å². The topological polar surface area (TPSA) is 64.3 Å². The third-order valence-electron chi connectivity index (χ3n) is 2.96. The molecule has 0 aliphatic carbocycles. The van der Waals surface area contributed by atoms with Crippen LogP contribution in [-0.4, -0.2) is 24.1 Å². The third-order valence-corrected chi connectivity index (χ3v) is 2.96. The highest BCUT2D eigenvalue weighted by molar-refractivity contribution is 5.85. The van der Waals surface area contributed by atoms with Crippen LogP contribution in [0.5, 0.6) is 5.75 Å². The molecule has 0 bridgehead atoms. The summed E-state index contributed by atoms with van der Waals surface area (Å²) in [5, 5.41) is 2.90. The van der Waals surface area contributed by atoms with Crippen LogP contribution in [0.15, 0.2) is 24.3 Å². The lowest BCUT2D eigenvalue weighted by Gasteiger charge is -2.15. The van der Waals surface area contributed by atoms with E-state index >= 15 is 0 Å². The highest BCUT2D eigenvalue weighted by Gasteiger charge is 2.10. The van der Waals surface area contributed by atoms with Crippen LogP contribution in [0.25, 0.3) is 0 Å². The van der Waals surface area contributed by atoms with Crippen molar-refractivity contribution in [3.8, 4) is 5.75 Å². The van der Waals surface area contributed by atoms with Crippen LogP contribution in [0.2, 0.25) is 0 Å². The number of rotatable bonds is 7. The number of carbonyl (C=O) groups excluding carboxylic acids is 1. The van der Waals surface area contributed by atoms with Crippen molar-refractivity contribution in [2.45, 2.75) is 58.7 Å². The quantitative estimate of drug-likeness (QED) is 0.813. The van der Waals surface area contributed by atoms with Gasteiger partial charge in [0, 0.05) is 6.04 Å². The summed E-state index contributed by atoms with van der Waals surface area (Å²) in [6.45, 7) is 7.71. The summed E-state index contributed by atoms with van der Waals surface area (Å²) in [5.41, 5.74) is 6.76. The van der Waals surface area contributed by atoms with Crippen molar-refractivity contribution in [1.29, 1.82) is 0 Å². The SMILES string of the molecule is CC(CCc1ccc(OC(C)C)cc1)NC(=O)[C@H](C)N.Cl. The van der Waals surface area contributed by atoms with Crippen LogP contribution in [0.4, 0.5) is 0 Å². The molecule has 1 aromatic carbocycles. The Morgan fingerprint density at radius 2 is 1.76 bits per heavy atom. The van der Waals surface area contributed by atoms with Gasteiger partial charge in [0.1, 0.15) is 5.75 Å². The van der Waals surface area contributed by atoms with Gasteiger partial charge in [-0.3, -0.25) is 4.79 Å². The number of hydrogen-bond acceptors (Lipinski definition) is 3. The van der Waals surface area contributed by atoms with Gasteiger partial charge in [0.25, 0.3) is 0 Å². The summed E-state index contributed by atoms with van der Waals surface area (Å²) in [5.74, 6) is 0.792. The van der Waals surface area contributed by atoms with Crippen molar-refractivity contribution in [1.82, 2.24) is 5.32 Å². The zero-order chi connectivity index (χ0) is 15.1. The molecule has 0 heterocycles. The van der Waals surface area contributed by atoms with Crippen LogP contribution >= 0.6 is 12.4 Å². The Morgan fingerprint density at radius 3 is 2.24 bits per heavy atom. The van der Waals surface area contributed by atoms with Gasteiger partial charge in [-0.1, -0.05) is 12.1 Å². The van der Waals surface area contributed by atoms with Crippen LogP contribution < -0.4 is 15.8 Å². The highest BCUT2D eigenvalue weighted by Crippen LogP contribution is 2.15. The Hall–Kier alpha value is -1.26. The Balaban J connectivity index is 0.00000400. The number of hydrogen-bond donors (Lipinski definition) is 2. The molecular weight excluding hydrogens is 288 g/mol. The van der Waals surface area contributed by atoms with E-state index in [0.29, 0.717) is 0 Å². The minimum atomic E-state index is -0.454. The fourth-order valence-corrected chi connectivity index (χ4v) is 1.84. The molecule has 3 N–H and O–H groups in total. The summed E-state index contributed by atoms with van der Waals surface area (Å²) in [6.07, 6.45) is 2.00. The van der Waals surface area contributed by atoms with E-state index in [1.807, 2.05) is 32.9 Å². The molecule has 120 valence electrons. The van der Waals surface area contributed by atoms with Gasteiger partial charge in [0.15, 0.2) is 0 Å². The summed E-state index contributed by atoms with van der Waals surface area (Å²) in [7, 11) is 0. The first kappa shape index (κ1) is 19.7. The predicted molar refractivity (Wildman–Crippen MR) is 89.0 cm³/mol. The van der Waals surface area contributed by atoms with Gasteiger partial charge in [-0.2, -0.15) is 0 Å². The lowest BCUT2D eigenvalue weighted by Crippen LogP contribution is -2.42. The Kier molecular flexibility index (Phi) is 9.06. The number of ether oxygens (including phenoxy) is 1. The van der Waals surface area contributed by atoms with Crippen molar-refractivity contribution in [2.24, 2.45) is 5.73 Å². The highest BCUT2D eigenvalue weighted by atomic mass is 35.5. The Labute approximate surface area is 133 Å².